The topological polar surface area (TPSA) is 38.0 Å². The third-order valence-electron chi connectivity index (χ3n) is 3.62. The normalized spacial score (nSPS) is 23.3. The van der Waals surface area contributed by atoms with Gasteiger partial charge in [0.1, 0.15) is 0 Å². The summed E-state index contributed by atoms with van der Waals surface area (Å²) in [6.45, 7) is 3.00. The van der Waals surface area contributed by atoms with Crippen LogP contribution in [0, 0.1) is 11.3 Å². The molecule has 0 saturated carbocycles. The molecule has 2 heterocycles. The third kappa shape index (κ3) is 2.00. The molecule has 1 aliphatic heterocycles. The van der Waals surface area contributed by atoms with Crippen LogP contribution in [0.4, 0.5) is 0 Å². The Morgan fingerprint density at radius 3 is 3.00 bits per heavy atom. The number of ether oxygens (including phenoxy) is 1. The van der Waals surface area contributed by atoms with E-state index in [2.05, 4.69) is 29.8 Å². The van der Waals surface area contributed by atoms with Gasteiger partial charge in [0.05, 0.1) is 23.8 Å². The molecule has 0 aliphatic carbocycles. The highest BCUT2D eigenvalue weighted by molar-refractivity contribution is 5.81. The average molecular weight is 240 g/mol. The Kier molecular flexibility index (Phi) is 2.81. The predicted octanol–water partition coefficient (Wildman–Crippen LogP) is 3.08. The molecular formula is C15H16N2O. The zero-order valence-corrected chi connectivity index (χ0v) is 10.5. The van der Waals surface area contributed by atoms with Crippen LogP contribution < -0.4 is 0 Å². The van der Waals surface area contributed by atoms with Crippen molar-refractivity contribution < 1.29 is 4.74 Å². The summed E-state index contributed by atoms with van der Waals surface area (Å²) in [5.41, 5.74) is 1.83. The van der Waals surface area contributed by atoms with E-state index in [4.69, 9.17) is 10.00 Å². The minimum absolute atomic E-state index is 0.307. The van der Waals surface area contributed by atoms with Crippen LogP contribution in [0.15, 0.2) is 30.5 Å². The van der Waals surface area contributed by atoms with Crippen LogP contribution in [-0.2, 0) is 11.3 Å². The van der Waals surface area contributed by atoms with Gasteiger partial charge in [-0.25, -0.2) is 0 Å². The van der Waals surface area contributed by atoms with Crippen LogP contribution in [0.3, 0.4) is 0 Å². The quantitative estimate of drug-likeness (QED) is 0.809. The van der Waals surface area contributed by atoms with Crippen LogP contribution in [0.5, 0.6) is 0 Å². The number of nitriles is 1. The lowest BCUT2D eigenvalue weighted by molar-refractivity contribution is 0.0465. The summed E-state index contributed by atoms with van der Waals surface area (Å²) in [6.07, 6.45) is 5.04. The molecule has 3 nitrogen and oxygen atoms in total. The number of rotatable bonds is 2. The summed E-state index contributed by atoms with van der Waals surface area (Å²) in [7, 11) is 0. The van der Waals surface area contributed by atoms with Crippen LogP contribution in [0.25, 0.3) is 10.9 Å². The van der Waals surface area contributed by atoms with Crippen molar-refractivity contribution in [3.05, 3.63) is 36.0 Å². The molecule has 2 atom stereocenters. The number of hydrogen-bond acceptors (Lipinski definition) is 2. The average Bonchev–Trinajstić information content (AvgIpc) is 2.96. The summed E-state index contributed by atoms with van der Waals surface area (Å²) in [5, 5.41) is 10.1. The van der Waals surface area contributed by atoms with Crippen LogP contribution in [0.2, 0.25) is 0 Å². The Hall–Kier alpha value is -1.79. The van der Waals surface area contributed by atoms with Crippen LogP contribution in [-0.4, -0.2) is 16.8 Å². The highest BCUT2D eigenvalue weighted by atomic mass is 16.5. The molecule has 1 fully saturated rings. The Morgan fingerprint density at radius 1 is 1.39 bits per heavy atom. The molecule has 0 amide bonds. The lowest BCUT2D eigenvalue weighted by Gasteiger charge is -2.13. The second-order valence-corrected chi connectivity index (χ2v) is 5.00. The lowest BCUT2D eigenvalue weighted by atomic mass is 10.2. The van der Waals surface area contributed by atoms with Crippen molar-refractivity contribution in [1.29, 1.82) is 5.26 Å². The Morgan fingerprint density at radius 2 is 2.28 bits per heavy atom. The van der Waals surface area contributed by atoms with E-state index < -0.39 is 0 Å². The number of fused-ring (bicyclic) bond motifs is 1. The van der Waals surface area contributed by atoms with E-state index in [1.54, 1.807) is 0 Å². The second kappa shape index (κ2) is 4.47. The highest BCUT2D eigenvalue weighted by Gasteiger charge is 2.22. The maximum atomic E-state index is 8.96. The first-order valence-electron chi connectivity index (χ1n) is 6.41. The first kappa shape index (κ1) is 11.3. The van der Waals surface area contributed by atoms with Gasteiger partial charge in [0.15, 0.2) is 0 Å². The molecule has 0 N–H and O–H groups in total. The van der Waals surface area contributed by atoms with Crippen LogP contribution >= 0.6 is 0 Å². The highest BCUT2D eigenvalue weighted by Crippen LogP contribution is 2.23. The molecular weight excluding hydrogens is 224 g/mol. The van der Waals surface area contributed by atoms with Gasteiger partial charge in [0, 0.05) is 18.3 Å². The number of aromatic nitrogens is 1. The van der Waals surface area contributed by atoms with E-state index in [-0.39, 0.29) is 0 Å². The van der Waals surface area contributed by atoms with Crippen molar-refractivity contribution in [3.8, 4) is 6.07 Å². The SMILES string of the molecule is CC1CCC(Cn2ccc3ccc(C#N)cc32)O1. The monoisotopic (exact) mass is 240 g/mol. The maximum Gasteiger partial charge on any atom is 0.0992 e. The van der Waals surface area contributed by atoms with Crippen molar-refractivity contribution in [2.75, 3.05) is 0 Å². The molecule has 3 heteroatoms. The maximum absolute atomic E-state index is 8.96. The molecule has 0 radical (unpaired) electrons. The zero-order valence-electron chi connectivity index (χ0n) is 10.5. The molecule has 1 aliphatic rings. The summed E-state index contributed by atoms with van der Waals surface area (Å²) >= 11 is 0. The first-order valence-corrected chi connectivity index (χ1v) is 6.41. The molecule has 18 heavy (non-hydrogen) atoms. The standard InChI is InChI=1S/C15H16N2O/c1-11-2-5-14(18-11)10-17-7-6-13-4-3-12(9-16)8-15(13)17/h3-4,6-8,11,14H,2,5,10H2,1H3. The summed E-state index contributed by atoms with van der Waals surface area (Å²) in [4.78, 5) is 0. The fourth-order valence-electron chi connectivity index (χ4n) is 2.65. The smallest absolute Gasteiger partial charge is 0.0992 e. The van der Waals surface area contributed by atoms with E-state index in [9.17, 15) is 0 Å². The Labute approximate surface area is 107 Å². The summed E-state index contributed by atoms with van der Waals surface area (Å²) < 4.78 is 8.05. The molecule has 2 aromatic rings. The van der Waals surface area contributed by atoms with Crippen LogP contribution in [0.1, 0.15) is 25.3 Å². The number of benzene rings is 1. The molecule has 92 valence electrons. The molecule has 1 aromatic carbocycles. The van der Waals surface area contributed by atoms with Crippen molar-refractivity contribution >= 4 is 10.9 Å². The fraction of sp³-hybridized carbons (Fsp3) is 0.400. The lowest BCUT2D eigenvalue weighted by Crippen LogP contribution is -2.15. The minimum Gasteiger partial charge on any atom is -0.373 e. The molecule has 1 aromatic heterocycles. The van der Waals surface area contributed by atoms with Gasteiger partial charge in [-0.05, 0) is 43.4 Å². The number of nitrogens with zero attached hydrogens (tertiary/aromatic N) is 2. The van der Waals surface area contributed by atoms with E-state index >= 15 is 0 Å². The molecule has 2 unspecified atom stereocenters. The predicted molar refractivity (Wildman–Crippen MR) is 70.2 cm³/mol. The van der Waals surface area contributed by atoms with E-state index in [0.29, 0.717) is 17.8 Å². The fourth-order valence-corrected chi connectivity index (χ4v) is 2.65. The van der Waals surface area contributed by atoms with Gasteiger partial charge in [-0.2, -0.15) is 5.26 Å². The second-order valence-electron chi connectivity index (χ2n) is 5.00. The number of hydrogen-bond donors (Lipinski definition) is 0. The van der Waals surface area contributed by atoms with E-state index in [1.165, 1.54) is 5.39 Å². The largest absolute Gasteiger partial charge is 0.373 e. The minimum atomic E-state index is 0.307. The van der Waals surface area contributed by atoms with E-state index in [0.717, 1.165) is 24.9 Å². The van der Waals surface area contributed by atoms with Gasteiger partial charge in [0.25, 0.3) is 0 Å². The Balaban J connectivity index is 1.90. The summed E-state index contributed by atoms with van der Waals surface area (Å²) in [6, 6.07) is 10.1. The van der Waals surface area contributed by atoms with E-state index in [1.807, 2.05) is 18.2 Å². The van der Waals surface area contributed by atoms with Gasteiger partial charge >= 0.3 is 0 Å². The van der Waals surface area contributed by atoms with Gasteiger partial charge in [-0.1, -0.05) is 6.07 Å². The summed E-state index contributed by atoms with van der Waals surface area (Å²) in [5.74, 6) is 0. The first-order chi connectivity index (χ1) is 8.76. The Bertz CT molecular complexity index is 608. The zero-order chi connectivity index (χ0) is 12.5. The third-order valence-corrected chi connectivity index (χ3v) is 3.62. The van der Waals surface area contributed by atoms with Gasteiger partial charge in [-0.3, -0.25) is 0 Å². The molecule has 0 spiro atoms. The van der Waals surface area contributed by atoms with Gasteiger partial charge in [0.2, 0.25) is 0 Å². The van der Waals surface area contributed by atoms with Gasteiger partial charge < -0.3 is 9.30 Å². The van der Waals surface area contributed by atoms with Crippen molar-refractivity contribution in [1.82, 2.24) is 4.57 Å². The van der Waals surface area contributed by atoms with Crippen molar-refractivity contribution in [3.63, 3.8) is 0 Å². The van der Waals surface area contributed by atoms with Crippen molar-refractivity contribution in [2.45, 2.75) is 38.5 Å². The molecule has 1 saturated heterocycles. The molecule has 3 rings (SSSR count). The van der Waals surface area contributed by atoms with Gasteiger partial charge in [-0.15, -0.1) is 0 Å². The van der Waals surface area contributed by atoms with Crippen molar-refractivity contribution in [2.24, 2.45) is 0 Å². The molecule has 0 bridgehead atoms.